The summed E-state index contributed by atoms with van der Waals surface area (Å²) >= 11 is 1.70. The Morgan fingerprint density at radius 2 is 2.06 bits per heavy atom. The molecule has 0 aromatic carbocycles. The van der Waals surface area contributed by atoms with Crippen LogP contribution in [-0.2, 0) is 11.3 Å². The molecule has 4 heteroatoms. The van der Waals surface area contributed by atoms with Gasteiger partial charge in [0.2, 0.25) is 0 Å². The predicted octanol–water partition coefficient (Wildman–Crippen LogP) is 3.39. The van der Waals surface area contributed by atoms with Gasteiger partial charge in [-0.05, 0) is 51.1 Å². The maximum atomic E-state index is 11.4. The van der Waals surface area contributed by atoms with Crippen molar-refractivity contribution in [2.75, 3.05) is 0 Å². The van der Waals surface area contributed by atoms with E-state index in [2.05, 4.69) is 24.5 Å². The quantitative estimate of drug-likeness (QED) is 0.862. The zero-order chi connectivity index (χ0) is 12.3. The molecule has 1 aromatic heterocycles. The van der Waals surface area contributed by atoms with Crippen LogP contribution in [0.1, 0.15) is 36.8 Å². The van der Waals surface area contributed by atoms with Crippen LogP contribution < -0.4 is 5.32 Å². The zero-order valence-electron chi connectivity index (χ0n) is 10.5. The summed E-state index contributed by atoms with van der Waals surface area (Å²) in [5, 5.41) is 4.83. The summed E-state index contributed by atoms with van der Waals surface area (Å²) in [6, 6.07) is 0. The number of thiophene rings is 1. The van der Waals surface area contributed by atoms with Gasteiger partial charge in [0, 0.05) is 11.4 Å². The normalized spacial score (nSPS) is 11.3. The Kier molecular flexibility index (Phi) is 3.97. The van der Waals surface area contributed by atoms with Crippen LogP contribution in [0.5, 0.6) is 0 Å². The number of alkyl carbamates (subject to hydrolysis) is 1. The summed E-state index contributed by atoms with van der Waals surface area (Å²) in [6.07, 6.45) is -0.365. The number of aryl methyl sites for hydroxylation is 1. The molecule has 0 aliphatic rings. The number of amides is 1. The molecular formula is C12H19NO2S. The van der Waals surface area contributed by atoms with E-state index in [-0.39, 0.29) is 6.09 Å². The van der Waals surface area contributed by atoms with Gasteiger partial charge in [-0.15, -0.1) is 11.3 Å². The van der Waals surface area contributed by atoms with Crippen molar-refractivity contribution in [1.82, 2.24) is 5.32 Å². The van der Waals surface area contributed by atoms with Crippen molar-refractivity contribution in [3.05, 3.63) is 21.4 Å². The van der Waals surface area contributed by atoms with Gasteiger partial charge in [0.1, 0.15) is 5.60 Å². The molecule has 0 aliphatic heterocycles. The van der Waals surface area contributed by atoms with Crippen LogP contribution in [0.25, 0.3) is 0 Å². The van der Waals surface area contributed by atoms with E-state index in [1.165, 1.54) is 10.4 Å². The highest BCUT2D eigenvalue weighted by Crippen LogP contribution is 2.20. The molecule has 0 unspecified atom stereocenters. The van der Waals surface area contributed by atoms with Gasteiger partial charge in [0.05, 0.1) is 0 Å². The van der Waals surface area contributed by atoms with Crippen LogP contribution in [0.2, 0.25) is 0 Å². The standard InChI is InChI=1S/C12H19NO2S/c1-8-9(2)16-7-10(8)6-13-11(14)15-12(3,4)5/h7H,6H2,1-5H3,(H,13,14). The minimum absolute atomic E-state index is 0.365. The van der Waals surface area contributed by atoms with Crippen LogP contribution in [-0.4, -0.2) is 11.7 Å². The summed E-state index contributed by atoms with van der Waals surface area (Å²) < 4.78 is 5.16. The minimum atomic E-state index is -0.441. The first-order chi connectivity index (χ1) is 7.29. The van der Waals surface area contributed by atoms with Crippen molar-refractivity contribution in [2.24, 2.45) is 0 Å². The second kappa shape index (κ2) is 4.87. The molecule has 0 radical (unpaired) electrons. The second-order valence-corrected chi connectivity index (χ2v) is 5.88. The first-order valence-electron chi connectivity index (χ1n) is 5.30. The van der Waals surface area contributed by atoms with Crippen molar-refractivity contribution in [3.8, 4) is 0 Å². The summed E-state index contributed by atoms with van der Waals surface area (Å²) in [5.41, 5.74) is 1.97. The van der Waals surface area contributed by atoms with E-state index in [1.807, 2.05) is 20.8 Å². The molecule has 1 N–H and O–H groups in total. The van der Waals surface area contributed by atoms with Crippen molar-refractivity contribution >= 4 is 17.4 Å². The molecule has 3 nitrogen and oxygen atoms in total. The highest BCUT2D eigenvalue weighted by atomic mass is 32.1. The highest BCUT2D eigenvalue weighted by molar-refractivity contribution is 7.10. The van der Waals surface area contributed by atoms with E-state index in [1.54, 1.807) is 11.3 Å². The van der Waals surface area contributed by atoms with E-state index in [0.717, 1.165) is 5.56 Å². The number of carbonyl (C=O) groups excluding carboxylic acids is 1. The van der Waals surface area contributed by atoms with Crippen LogP contribution in [0, 0.1) is 13.8 Å². The van der Waals surface area contributed by atoms with Gasteiger partial charge in [-0.1, -0.05) is 0 Å². The molecule has 1 aromatic rings. The molecule has 1 heterocycles. The predicted molar refractivity (Wildman–Crippen MR) is 66.9 cm³/mol. The Morgan fingerprint density at radius 1 is 1.44 bits per heavy atom. The van der Waals surface area contributed by atoms with Crippen LogP contribution in [0.4, 0.5) is 4.79 Å². The molecule has 90 valence electrons. The number of ether oxygens (including phenoxy) is 1. The van der Waals surface area contributed by atoms with Crippen LogP contribution in [0.3, 0.4) is 0 Å². The molecule has 0 saturated heterocycles. The third-order valence-electron chi connectivity index (χ3n) is 2.21. The largest absolute Gasteiger partial charge is 0.444 e. The van der Waals surface area contributed by atoms with E-state index in [0.29, 0.717) is 6.54 Å². The lowest BCUT2D eigenvalue weighted by Crippen LogP contribution is -2.32. The number of nitrogens with one attached hydrogen (secondary N) is 1. The van der Waals surface area contributed by atoms with Crippen molar-refractivity contribution in [1.29, 1.82) is 0 Å². The summed E-state index contributed by atoms with van der Waals surface area (Å²) in [6.45, 7) is 10.2. The average Bonchev–Trinajstić information content (AvgIpc) is 2.42. The molecule has 16 heavy (non-hydrogen) atoms. The van der Waals surface area contributed by atoms with Gasteiger partial charge in [-0.3, -0.25) is 0 Å². The van der Waals surface area contributed by atoms with Crippen molar-refractivity contribution in [3.63, 3.8) is 0 Å². The maximum Gasteiger partial charge on any atom is 0.407 e. The first-order valence-corrected chi connectivity index (χ1v) is 6.18. The minimum Gasteiger partial charge on any atom is -0.444 e. The monoisotopic (exact) mass is 241 g/mol. The first kappa shape index (κ1) is 13.0. The molecule has 0 aliphatic carbocycles. The molecule has 0 bridgehead atoms. The average molecular weight is 241 g/mol. The number of hydrogen-bond acceptors (Lipinski definition) is 3. The van der Waals surface area contributed by atoms with Crippen molar-refractivity contribution in [2.45, 2.75) is 46.8 Å². The van der Waals surface area contributed by atoms with Crippen LogP contribution in [0.15, 0.2) is 5.38 Å². The summed E-state index contributed by atoms with van der Waals surface area (Å²) in [5.74, 6) is 0. The van der Waals surface area contributed by atoms with Gasteiger partial charge in [0.25, 0.3) is 0 Å². The fourth-order valence-corrected chi connectivity index (χ4v) is 2.11. The Bertz CT molecular complexity index is 377. The number of carbonyl (C=O) groups is 1. The molecule has 0 atom stereocenters. The summed E-state index contributed by atoms with van der Waals surface area (Å²) in [7, 11) is 0. The smallest absolute Gasteiger partial charge is 0.407 e. The topological polar surface area (TPSA) is 38.3 Å². The second-order valence-electron chi connectivity index (χ2n) is 4.80. The Balaban J connectivity index is 2.47. The summed E-state index contributed by atoms with van der Waals surface area (Å²) in [4.78, 5) is 12.7. The fourth-order valence-electron chi connectivity index (χ4n) is 1.22. The lowest BCUT2D eigenvalue weighted by Gasteiger charge is -2.19. The molecule has 0 saturated carbocycles. The highest BCUT2D eigenvalue weighted by Gasteiger charge is 2.16. The lowest BCUT2D eigenvalue weighted by molar-refractivity contribution is 0.0523. The SMILES string of the molecule is Cc1scc(CNC(=O)OC(C)(C)C)c1C. The molecule has 1 amide bonds. The number of rotatable bonds is 2. The Hall–Kier alpha value is -1.03. The van der Waals surface area contributed by atoms with Gasteiger partial charge >= 0.3 is 6.09 Å². The Morgan fingerprint density at radius 3 is 2.50 bits per heavy atom. The third kappa shape index (κ3) is 3.85. The lowest BCUT2D eigenvalue weighted by atomic mass is 10.2. The third-order valence-corrected chi connectivity index (χ3v) is 3.27. The number of hydrogen-bond donors (Lipinski definition) is 1. The molecule has 0 fully saturated rings. The molecular weight excluding hydrogens is 222 g/mol. The van der Waals surface area contributed by atoms with E-state index >= 15 is 0 Å². The van der Waals surface area contributed by atoms with Gasteiger partial charge < -0.3 is 10.1 Å². The Labute approximate surface area is 101 Å². The molecule has 0 spiro atoms. The van der Waals surface area contributed by atoms with E-state index in [9.17, 15) is 4.79 Å². The van der Waals surface area contributed by atoms with Gasteiger partial charge in [-0.25, -0.2) is 4.79 Å². The van der Waals surface area contributed by atoms with E-state index in [4.69, 9.17) is 4.74 Å². The van der Waals surface area contributed by atoms with E-state index < -0.39 is 5.60 Å². The zero-order valence-corrected chi connectivity index (χ0v) is 11.3. The van der Waals surface area contributed by atoms with Crippen LogP contribution >= 0.6 is 11.3 Å². The van der Waals surface area contributed by atoms with Gasteiger partial charge in [0.15, 0.2) is 0 Å². The maximum absolute atomic E-state index is 11.4. The molecule has 1 rings (SSSR count). The fraction of sp³-hybridized carbons (Fsp3) is 0.583. The van der Waals surface area contributed by atoms with Crippen molar-refractivity contribution < 1.29 is 9.53 Å². The van der Waals surface area contributed by atoms with Gasteiger partial charge in [-0.2, -0.15) is 0 Å².